The van der Waals surface area contributed by atoms with Crippen LogP contribution in [0.4, 0.5) is 4.39 Å². The van der Waals surface area contributed by atoms with Crippen LogP contribution in [0.3, 0.4) is 0 Å². The molecule has 31 heavy (non-hydrogen) atoms. The number of hydrogen-bond donors (Lipinski definition) is 1. The van der Waals surface area contributed by atoms with E-state index in [2.05, 4.69) is 20.2 Å². The first-order valence-electron chi connectivity index (χ1n) is 10.0. The lowest BCUT2D eigenvalue weighted by molar-refractivity contribution is 0.0689. The number of hydrogen-bond acceptors (Lipinski definition) is 4. The third-order valence-corrected chi connectivity index (χ3v) is 5.83. The van der Waals surface area contributed by atoms with E-state index in [0.717, 1.165) is 22.5 Å². The number of rotatable bonds is 2. The quantitative estimate of drug-likeness (QED) is 0.481. The van der Waals surface area contributed by atoms with Gasteiger partial charge in [-0.3, -0.25) is 4.79 Å². The summed E-state index contributed by atoms with van der Waals surface area (Å²) >= 11 is 0. The number of carbonyl (C=O) groups is 1. The predicted octanol–water partition coefficient (Wildman–Crippen LogP) is 2.94. The van der Waals surface area contributed by atoms with Crippen LogP contribution < -0.4 is 0 Å². The Hall–Kier alpha value is -4.01. The number of fused-ring (bicyclic) bond motifs is 3. The Labute approximate surface area is 175 Å². The third-order valence-electron chi connectivity index (χ3n) is 5.83. The van der Waals surface area contributed by atoms with Crippen molar-refractivity contribution in [3.63, 3.8) is 0 Å². The number of pyridine rings is 2. The molecular formula is C22H18FN7O. The Morgan fingerprint density at radius 3 is 3.00 bits per heavy atom. The predicted molar refractivity (Wildman–Crippen MR) is 110 cm³/mol. The van der Waals surface area contributed by atoms with Crippen LogP contribution in [0.25, 0.3) is 11.0 Å². The molecule has 6 heterocycles. The van der Waals surface area contributed by atoms with Crippen molar-refractivity contribution in [1.82, 2.24) is 34.1 Å². The summed E-state index contributed by atoms with van der Waals surface area (Å²) in [6, 6.07) is 8.01. The highest BCUT2D eigenvalue weighted by atomic mass is 19.1. The molecule has 6 rings (SSSR count). The summed E-state index contributed by atoms with van der Waals surface area (Å²) in [6.07, 6.45) is 7.45. The van der Waals surface area contributed by atoms with Crippen LogP contribution in [-0.2, 0) is 6.42 Å². The molecule has 1 unspecified atom stereocenters. The van der Waals surface area contributed by atoms with Gasteiger partial charge in [0, 0.05) is 31.1 Å². The lowest BCUT2D eigenvalue weighted by Gasteiger charge is -2.33. The van der Waals surface area contributed by atoms with Crippen molar-refractivity contribution >= 4 is 16.9 Å². The van der Waals surface area contributed by atoms with Crippen LogP contribution in [0, 0.1) is 12.7 Å². The summed E-state index contributed by atoms with van der Waals surface area (Å²) < 4.78 is 17.5. The van der Waals surface area contributed by atoms with Gasteiger partial charge in [-0.05, 0) is 36.8 Å². The molecule has 9 heteroatoms. The van der Waals surface area contributed by atoms with Crippen molar-refractivity contribution in [2.75, 3.05) is 6.54 Å². The van der Waals surface area contributed by atoms with Crippen molar-refractivity contribution in [2.24, 2.45) is 0 Å². The number of nitrogens with one attached hydrogen (secondary N) is 1. The van der Waals surface area contributed by atoms with E-state index in [0.29, 0.717) is 29.7 Å². The Kier molecular flexibility index (Phi) is 3.73. The van der Waals surface area contributed by atoms with E-state index in [4.69, 9.17) is 0 Å². The van der Waals surface area contributed by atoms with Crippen molar-refractivity contribution in [2.45, 2.75) is 19.4 Å². The number of halogens is 1. The second-order valence-electron chi connectivity index (χ2n) is 7.77. The minimum atomic E-state index is -0.526. The van der Waals surface area contributed by atoms with Gasteiger partial charge >= 0.3 is 0 Å². The molecule has 1 atom stereocenters. The van der Waals surface area contributed by atoms with Gasteiger partial charge in [0.25, 0.3) is 5.91 Å². The zero-order chi connectivity index (χ0) is 21.1. The van der Waals surface area contributed by atoms with Crippen LogP contribution in [0.2, 0.25) is 0 Å². The molecule has 0 saturated heterocycles. The van der Waals surface area contributed by atoms with Gasteiger partial charge in [0.2, 0.25) is 0 Å². The summed E-state index contributed by atoms with van der Waals surface area (Å²) in [7, 11) is 0. The molecule has 5 aromatic heterocycles. The van der Waals surface area contributed by atoms with E-state index in [1.54, 1.807) is 40.3 Å². The second kappa shape index (κ2) is 6.49. The van der Waals surface area contributed by atoms with Gasteiger partial charge in [-0.25, -0.2) is 18.4 Å². The molecule has 1 aliphatic rings. The van der Waals surface area contributed by atoms with Gasteiger partial charge in [0.05, 0.1) is 35.0 Å². The van der Waals surface area contributed by atoms with Gasteiger partial charge in [-0.15, -0.1) is 0 Å². The molecular weight excluding hydrogens is 397 g/mol. The Bertz CT molecular complexity index is 1460. The minimum absolute atomic E-state index is 0.157. The number of aryl methyl sites for hydroxylation is 1. The van der Waals surface area contributed by atoms with Crippen LogP contribution in [0.1, 0.15) is 39.0 Å². The van der Waals surface area contributed by atoms with E-state index < -0.39 is 6.04 Å². The molecule has 0 fully saturated rings. The maximum absolute atomic E-state index is 14.3. The Morgan fingerprint density at radius 2 is 2.13 bits per heavy atom. The molecule has 1 amide bonds. The highest BCUT2D eigenvalue weighted by molar-refractivity contribution is 6.01. The first-order chi connectivity index (χ1) is 15.1. The number of H-pyrrole nitrogens is 1. The van der Waals surface area contributed by atoms with Crippen LogP contribution in [0.5, 0.6) is 0 Å². The molecule has 0 spiro atoms. The highest BCUT2D eigenvalue weighted by Gasteiger charge is 2.37. The van der Waals surface area contributed by atoms with Crippen molar-refractivity contribution in [3.05, 3.63) is 89.3 Å². The van der Waals surface area contributed by atoms with Crippen LogP contribution in [0.15, 0.2) is 55.2 Å². The summed E-state index contributed by atoms with van der Waals surface area (Å²) in [4.78, 5) is 23.1. The topological polar surface area (TPSA) is 83.6 Å². The number of aromatic amines is 1. The smallest absolute Gasteiger partial charge is 0.258 e. The molecule has 154 valence electrons. The molecule has 0 aromatic carbocycles. The molecule has 0 aliphatic carbocycles. The average Bonchev–Trinajstić information content (AvgIpc) is 3.50. The molecule has 0 saturated carbocycles. The standard InChI is InChI=1S/C22H18FN7O/c1-13-4-5-18-14(10-26-30(18)11-13)22(31)28-8-6-16-20(25-12-24-16)21(28)17-9-19-15(23)3-2-7-29(19)27-17/h2-5,7,9-12,21H,6,8H2,1H3,(H,24,25). The lowest BCUT2D eigenvalue weighted by atomic mass is 9.98. The monoisotopic (exact) mass is 415 g/mol. The first-order valence-corrected chi connectivity index (χ1v) is 10.0. The fourth-order valence-electron chi connectivity index (χ4n) is 4.33. The fraction of sp³-hybridized carbons (Fsp3) is 0.182. The largest absolute Gasteiger partial charge is 0.348 e. The zero-order valence-electron chi connectivity index (χ0n) is 16.7. The first kappa shape index (κ1) is 17.8. The van der Waals surface area contributed by atoms with E-state index in [1.807, 2.05) is 25.3 Å². The normalized spacial score (nSPS) is 16.2. The second-order valence-corrected chi connectivity index (χ2v) is 7.77. The van der Waals surface area contributed by atoms with Crippen molar-refractivity contribution in [1.29, 1.82) is 0 Å². The van der Waals surface area contributed by atoms with E-state index >= 15 is 0 Å². The van der Waals surface area contributed by atoms with E-state index in [-0.39, 0.29) is 11.7 Å². The molecule has 1 aliphatic heterocycles. The highest BCUT2D eigenvalue weighted by Crippen LogP contribution is 2.35. The third kappa shape index (κ3) is 2.66. The van der Waals surface area contributed by atoms with Crippen molar-refractivity contribution < 1.29 is 9.18 Å². The van der Waals surface area contributed by atoms with Gasteiger partial charge in [-0.1, -0.05) is 6.07 Å². The van der Waals surface area contributed by atoms with Gasteiger partial charge < -0.3 is 9.88 Å². The minimum Gasteiger partial charge on any atom is -0.348 e. The van der Waals surface area contributed by atoms with Gasteiger partial charge in [-0.2, -0.15) is 10.2 Å². The number of imidazole rings is 1. The van der Waals surface area contributed by atoms with Gasteiger partial charge in [0.15, 0.2) is 0 Å². The maximum atomic E-state index is 14.3. The lowest BCUT2D eigenvalue weighted by Crippen LogP contribution is -2.41. The van der Waals surface area contributed by atoms with E-state index in [1.165, 1.54) is 10.6 Å². The van der Waals surface area contributed by atoms with Crippen LogP contribution >= 0.6 is 0 Å². The molecule has 1 N–H and O–H groups in total. The van der Waals surface area contributed by atoms with Gasteiger partial charge in [0.1, 0.15) is 17.4 Å². The zero-order valence-corrected chi connectivity index (χ0v) is 16.7. The van der Waals surface area contributed by atoms with Crippen molar-refractivity contribution in [3.8, 4) is 0 Å². The number of aromatic nitrogens is 6. The molecule has 8 nitrogen and oxygen atoms in total. The summed E-state index contributed by atoms with van der Waals surface area (Å²) in [5.74, 6) is -0.523. The maximum Gasteiger partial charge on any atom is 0.258 e. The SMILES string of the molecule is Cc1ccc2c(C(=O)N3CCc4[nH]cnc4C3c3cc4c(F)cccn4n3)cnn2c1. The summed E-state index contributed by atoms with van der Waals surface area (Å²) in [6.45, 7) is 2.46. The fourth-order valence-corrected chi connectivity index (χ4v) is 4.33. The Balaban J connectivity index is 1.49. The van der Waals surface area contributed by atoms with Crippen LogP contribution in [-0.4, -0.2) is 46.5 Å². The molecule has 0 bridgehead atoms. The Morgan fingerprint density at radius 1 is 1.23 bits per heavy atom. The number of carbonyl (C=O) groups excluding carboxylic acids is 1. The van der Waals surface area contributed by atoms with E-state index in [9.17, 15) is 9.18 Å². The summed E-state index contributed by atoms with van der Waals surface area (Å²) in [5.41, 5.74) is 4.93. The number of nitrogens with zero attached hydrogens (tertiary/aromatic N) is 6. The molecule has 5 aromatic rings. The average molecular weight is 415 g/mol. The summed E-state index contributed by atoms with van der Waals surface area (Å²) in [5, 5.41) is 8.92. The molecule has 0 radical (unpaired) electrons. The number of amides is 1.